The number of halogens is 1. The largest absolute Gasteiger partial charge is 0.371 e. The minimum absolute atomic E-state index is 0.239. The van der Waals surface area contributed by atoms with Crippen LogP contribution >= 0.6 is 0 Å². The predicted octanol–water partition coefficient (Wildman–Crippen LogP) is 3.61. The van der Waals surface area contributed by atoms with Gasteiger partial charge in [0.05, 0.1) is 22.5 Å². The van der Waals surface area contributed by atoms with Crippen LogP contribution in [0, 0.1) is 25.6 Å². The number of carbonyl (C=O) groups excluding carboxylic acids is 1. The Morgan fingerprint density at radius 1 is 1.32 bits per heavy atom. The average molecular weight is 420 g/mol. The molecular formula is C23H25FN6O. The van der Waals surface area contributed by atoms with Crippen LogP contribution in [0.4, 0.5) is 15.8 Å². The van der Waals surface area contributed by atoms with Crippen molar-refractivity contribution in [3.05, 3.63) is 59.4 Å². The third-order valence-corrected chi connectivity index (χ3v) is 5.99. The van der Waals surface area contributed by atoms with Crippen LogP contribution in [-0.2, 0) is 0 Å². The number of nitrogens with one attached hydrogen (secondary N) is 2. The zero-order valence-corrected chi connectivity index (χ0v) is 17.6. The molecule has 1 atom stereocenters. The van der Waals surface area contributed by atoms with E-state index in [4.69, 9.17) is 5.73 Å². The maximum Gasteiger partial charge on any atom is 0.257 e. The molecule has 1 aromatic carbocycles. The molecule has 4 aromatic rings. The minimum Gasteiger partial charge on any atom is -0.371 e. The third-order valence-electron chi connectivity index (χ3n) is 5.99. The van der Waals surface area contributed by atoms with Crippen molar-refractivity contribution in [1.29, 1.82) is 0 Å². The normalized spacial score (nSPS) is 16.5. The van der Waals surface area contributed by atoms with E-state index in [1.54, 1.807) is 23.7 Å². The van der Waals surface area contributed by atoms with Gasteiger partial charge in [0.25, 0.3) is 5.91 Å². The van der Waals surface area contributed by atoms with Crippen molar-refractivity contribution in [2.45, 2.75) is 20.3 Å². The number of amides is 1. The quantitative estimate of drug-likeness (QED) is 0.470. The first-order chi connectivity index (χ1) is 14.9. The van der Waals surface area contributed by atoms with Gasteiger partial charge in [-0.3, -0.25) is 4.79 Å². The number of aromatic amines is 1. The number of fused-ring (bicyclic) bond motifs is 2. The van der Waals surface area contributed by atoms with Crippen molar-refractivity contribution in [2.24, 2.45) is 11.7 Å². The number of nitrogens with zero attached hydrogens (tertiary/aromatic N) is 3. The lowest BCUT2D eigenvalue weighted by atomic mass is 10.1. The Morgan fingerprint density at radius 3 is 2.94 bits per heavy atom. The summed E-state index contributed by atoms with van der Waals surface area (Å²) < 4.78 is 16.0. The second kappa shape index (κ2) is 7.39. The Hall–Kier alpha value is -3.39. The number of carbonyl (C=O) groups is 1. The molecule has 1 aliphatic heterocycles. The number of anilines is 2. The van der Waals surface area contributed by atoms with E-state index in [-0.39, 0.29) is 11.6 Å². The van der Waals surface area contributed by atoms with Crippen molar-refractivity contribution >= 4 is 33.8 Å². The number of imidazole rings is 1. The standard InChI is InChI=1S/C23H25FN6O/c1-13-7-18-20(29-6-5-15(9-25)11-29)4-3-17(21(18)26-13)23(31)28-16-8-19(24)22-27-14(2)10-30(22)12-16/h3-4,7-8,10,12,15,26H,5-6,9,11,25H2,1-2H3,(H,28,31). The van der Waals surface area contributed by atoms with Crippen LogP contribution in [0.2, 0.25) is 0 Å². The molecule has 1 fully saturated rings. The molecule has 4 heterocycles. The number of hydrogen-bond acceptors (Lipinski definition) is 4. The van der Waals surface area contributed by atoms with Crippen molar-refractivity contribution in [2.75, 3.05) is 29.9 Å². The molecule has 8 heteroatoms. The molecule has 1 aliphatic rings. The molecule has 0 radical (unpaired) electrons. The fourth-order valence-electron chi connectivity index (χ4n) is 4.49. The van der Waals surface area contributed by atoms with E-state index in [1.165, 1.54) is 6.07 Å². The lowest BCUT2D eigenvalue weighted by molar-refractivity contribution is 0.102. The number of aromatic nitrogens is 3. The summed E-state index contributed by atoms with van der Waals surface area (Å²) >= 11 is 0. The van der Waals surface area contributed by atoms with Gasteiger partial charge in [0, 0.05) is 48.3 Å². The highest BCUT2D eigenvalue weighted by atomic mass is 19.1. The van der Waals surface area contributed by atoms with Crippen molar-refractivity contribution in [1.82, 2.24) is 14.4 Å². The Kier molecular flexibility index (Phi) is 4.66. The van der Waals surface area contributed by atoms with Gasteiger partial charge in [0.15, 0.2) is 11.5 Å². The number of aryl methyl sites for hydroxylation is 2. The maximum absolute atomic E-state index is 14.4. The number of H-pyrrole nitrogens is 1. The lowest BCUT2D eigenvalue weighted by Gasteiger charge is -2.20. The highest BCUT2D eigenvalue weighted by Gasteiger charge is 2.24. The molecule has 1 saturated heterocycles. The van der Waals surface area contributed by atoms with Crippen LogP contribution in [0.15, 0.2) is 36.7 Å². The summed E-state index contributed by atoms with van der Waals surface area (Å²) in [4.78, 5) is 22.9. The van der Waals surface area contributed by atoms with Gasteiger partial charge in [-0.2, -0.15) is 0 Å². The molecule has 0 spiro atoms. The Morgan fingerprint density at radius 2 is 2.16 bits per heavy atom. The molecule has 31 heavy (non-hydrogen) atoms. The second-order valence-corrected chi connectivity index (χ2v) is 8.35. The number of benzene rings is 1. The first-order valence-electron chi connectivity index (χ1n) is 10.5. The molecule has 0 saturated carbocycles. The summed E-state index contributed by atoms with van der Waals surface area (Å²) in [6.07, 6.45) is 4.46. The second-order valence-electron chi connectivity index (χ2n) is 8.35. The zero-order chi connectivity index (χ0) is 21.7. The van der Waals surface area contributed by atoms with E-state index >= 15 is 0 Å². The third kappa shape index (κ3) is 3.42. The van der Waals surface area contributed by atoms with E-state index in [9.17, 15) is 9.18 Å². The zero-order valence-electron chi connectivity index (χ0n) is 17.6. The predicted molar refractivity (Wildman–Crippen MR) is 120 cm³/mol. The average Bonchev–Trinajstić information content (AvgIpc) is 3.44. The highest BCUT2D eigenvalue weighted by Crippen LogP contribution is 2.33. The molecule has 3 aromatic heterocycles. The van der Waals surface area contributed by atoms with Crippen LogP contribution in [-0.4, -0.2) is 39.9 Å². The molecule has 5 rings (SSSR count). The number of pyridine rings is 1. The number of nitrogens with two attached hydrogens (primary N) is 1. The molecule has 7 nitrogen and oxygen atoms in total. The monoisotopic (exact) mass is 420 g/mol. The van der Waals surface area contributed by atoms with Crippen molar-refractivity contribution in [3.63, 3.8) is 0 Å². The summed E-state index contributed by atoms with van der Waals surface area (Å²) in [5, 5.41) is 3.84. The molecule has 1 unspecified atom stereocenters. The van der Waals surface area contributed by atoms with Gasteiger partial charge in [-0.25, -0.2) is 9.37 Å². The summed E-state index contributed by atoms with van der Waals surface area (Å²) in [7, 11) is 0. The summed E-state index contributed by atoms with van der Waals surface area (Å²) in [5.74, 6) is -0.282. The lowest BCUT2D eigenvalue weighted by Crippen LogP contribution is -2.23. The van der Waals surface area contributed by atoms with Crippen LogP contribution in [0.25, 0.3) is 16.6 Å². The van der Waals surface area contributed by atoms with Crippen molar-refractivity contribution < 1.29 is 9.18 Å². The van der Waals surface area contributed by atoms with Gasteiger partial charge in [-0.1, -0.05) is 0 Å². The van der Waals surface area contributed by atoms with Crippen LogP contribution < -0.4 is 16.0 Å². The number of hydrogen-bond donors (Lipinski definition) is 3. The van der Waals surface area contributed by atoms with Crippen LogP contribution in [0.1, 0.15) is 28.2 Å². The SMILES string of the molecule is Cc1cn2cc(NC(=O)c3ccc(N4CCC(CN)C4)c4cc(C)[nH]c34)cc(F)c2n1. The van der Waals surface area contributed by atoms with Gasteiger partial charge in [0.2, 0.25) is 0 Å². The fraction of sp³-hybridized carbons (Fsp3) is 0.304. The van der Waals surface area contributed by atoms with Gasteiger partial charge in [-0.15, -0.1) is 0 Å². The Labute approximate surface area is 179 Å². The first-order valence-corrected chi connectivity index (χ1v) is 10.5. The fourth-order valence-corrected chi connectivity index (χ4v) is 4.49. The topological polar surface area (TPSA) is 91.5 Å². The first kappa shape index (κ1) is 19.6. The number of rotatable bonds is 4. The molecular weight excluding hydrogens is 395 g/mol. The van der Waals surface area contributed by atoms with Crippen LogP contribution in [0.3, 0.4) is 0 Å². The van der Waals surface area contributed by atoms with Crippen molar-refractivity contribution in [3.8, 4) is 0 Å². The minimum atomic E-state index is -0.481. The van der Waals surface area contributed by atoms with Crippen LogP contribution in [0.5, 0.6) is 0 Å². The van der Waals surface area contributed by atoms with E-state index in [1.807, 2.05) is 19.1 Å². The van der Waals surface area contributed by atoms with E-state index in [0.29, 0.717) is 29.4 Å². The molecule has 160 valence electrons. The van der Waals surface area contributed by atoms with Gasteiger partial charge in [0.1, 0.15) is 0 Å². The summed E-state index contributed by atoms with van der Waals surface area (Å²) in [6.45, 7) is 6.33. The summed E-state index contributed by atoms with van der Waals surface area (Å²) in [5.41, 5.74) is 10.6. The van der Waals surface area contributed by atoms with Gasteiger partial charge >= 0.3 is 0 Å². The van der Waals surface area contributed by atoms with Gasteiger partial charge in [-0.05, 0) is 50.9 Å². The van der Waals surface area contributed by atoms with E-state index in [2.05, 4.69) is 26.3 Å². The molecule has 4 N–H and O–H groups in total. The summed E-state index contributed by atoms with van der Waals surface area (Å²) in [6, 6.07) is 7.18. The Balaban J connectivity index is 1.49. The smallest absolute Gasteiger partial charge is 0.257 e. The van der Waals surface area contributed by atoms with Gasteiger partial charge < -0.3 is 25.3 Å². The maximum atomic E-state index is 14.4. The van der Waals surface area contributed by atoms with E-state index < -0.39 is 5.82 Å². The molecule has 0 bridgehead atoms. The van der Waals surface area contributed by atoms with E-state index in [0.717, 1.165) is 41.8 Å². The molecule has 1 amide bonds. The molecule has 0 aliphatic carbocycles. The Bertz CT molecular complexity index is 1310. The highest BCUT2D eigenvalue weighted by molar-refractivity contribution is 6.14.